The number of carbonyl (C=O) groups excluding carboxylic acids is 5. The molecule has 4 heterocycles. The number of rotatable bonds is 8. The second-order valence-electron chi connectivity index (χ2n) is 17.9. The summed E-state index contributed by atoms with van der Waals surface area (Å²) in [7, 11) is 1.40. The van der Waals surface area contributed by atoms with E-state index in [4.69, 9.17) is 4.74 Å². The molecular formula is C45H49IN6O6. The zero-order chi connectivity index (χ0) is 41.4. The summed E-state index contributed by atoms with van der Waals surface area (Å²) < 4.78 is 8.37. The highest BCUT2D eigenvalue weighted by Gasteiger charge is 2.66. The topological polar surface area (TPSA) is 135 Å². The monoisotopic (exact) mass is 896 g/mol. The Balaban J connectivity index is 0.836. The number of amides is 5. The number of anilines is 1. The molecular weight excluding hydrogens is 847 g/mol. The Hall–Kier alpha value is -4.81. The maximum absolute atomic E-state index is 13.9. The Labute approximate surface area is 353 Å². The first-order valence-electron chi connectivity index (χ1n) is 20.1. The minimum Gasteiger partial charge on any atom is -0.489 e. The van der Waals surface area contributed by atoms with Crippen molar-refractivity contribution >= 4 is 58.1 Å². The van der Waals surface area contributed by atoms with Gasteiger partial charge in [0.15, 0.2) is 0 Å². The lowest BCUT2D eigenvalue weighted by molar-refractivity contribution is -0.179. The lowest BCUT2D eigenvalue weighted by Gasteiger charge is -2.64. The first-order chi connectivity index (χ1) is 27.5. The van der Waals surface area contributed by atoms with Crippen LogP contribution in [-0.2, 0) is 22.7 Å². The van der Waals surface area contributed by atoms with Crippen molar-refractivity contribution < 1.29 is 28.7 Å². The molecule has 1 aliphatic carbocycles. The summed E-state index contributed by atoms with van der Waals surface area (Å²) in [6.07, 6.45) is 2.20. The quantitative estimate of drug-likeness (QED) is 0.141. The van der Waals surface area contributed by atoms with Crippen molar-refractivity contribution in [2.24, 2.45) is 16.7 Å². The third-order valence-corrected chi connectivity index (χ3v) is 14.3. The molecule has 58 heavy (non-hydrogen) atoms. The summed E-state index contributed by atoms with van der Waals surface area (Å²) in [5.74, 6) is -0.526. The summed E-state index contributed by atoms with van der Waals surface area (Å²) in [6, 6.07) is 18.4. The van der Waals surface area contributed by atoms with Gasteiger partial charge < -0.3 is 9.64 Å². The van der Waals surface area contributed by atoms with Crippen molar-refractivity contribution in [2.45, 2.75) is 91.6 Å². The molecule has 2 saturated heterocycles. The second kappa shape index (κ2) is 14.8. The average Bonchev–Trinajstić information content (AvgIpc) is 3.70. The number of imide groups is 2. The van der Waals surface area contributed by atoms with Gasteiger partial charge in [-0.1, -0.05) is 27.7 Å². The van der Waals surface area contributed by atoms with Gasteiger partial charge in [-0.3, -0.25) is 41.8 Å². The first-order valence-corrected chi connectivity index (χ1v) is 21.1. The normalized spacial score (nSPS) is 24.0. The van der Waals surface area contributed by atoms with E-state index in [1.165, 1.54) is 7.05 Å². The molecule has 4 aliphatic heterocycles. The SMILES string of the molecule is Cc1cc(OC2C(C)(C)C(N(I)C(=O)c3ccc(N4CCC(CN5Cc6cc7c(cc6C5)C(=O)N(C5CCC(=O)N(C)C5=O)C7=O)CC4)cc3)C2(C)C)ccc1C#N. The van der Waals surface area contributed by atoms with Gasteiger partial charge in [0, 0.05) is 68.3 Å². The molecule has 0 radical (unpaired) electrons. The van der Waals surface area contributed by atoms with Crippen LogP contribution in [0.4, 0.5) is 5.69 Å². The Morgan fingerprint density at radius 3 is 2.07 bits per heavy atom. The molecule has 1 atom stereocenters. The highest BCUT2D eigenvalue weighted by molar-refractivity contribution is 14.1. The van der Waals surface area contributed by atoms with Crippen molar-refractivity contribution in [1.82, 2.24) is 17.8 Å². The Morgan fingerprint density at radius 1 is 0.897 bits per heavy atom. The number of nitriles is 1. The molecule has 12 nitrogen and oxygen atoms in total. The molecule has 0 spiro atoms. The van der Waals surface area contributed by atoms with E-state index in [2.05, 4.69) is 78.6 Å². The van der Waals surface area contributed by atoms with Crippen molar-refractivity contribution in [3.8, 4) is 11.8 Å². The summed E-state index contributed by atoms with van der Waals surface area (Å²) in [4.78, 5) is 72.4. The zero-order valence-corrected chi connectivity index (χ0v) is 36.0. The van der Waals surface area contributed by atoms with E-state index in [9.17, 15) is 29.2 Å². The smallest absolute Gasteiger partial charge is 0.262 e. The van der Waals surface area contributed by atoms with E-state index < -0.39 is 23.8 Å². The molecule has 5 amide bonds. The molecule has 3 aromatic carbocycles. The van der Waals surface area contributed by atoms with Gasteiger partial charge >= 0.3 is 0 Å². The third kappa shape index (κ3) is 6.66. The van der Waals surface area contributed by atoms with Crippen LogP contribution in [0.3, 0.4) is 0 Å². The summed E-state index contributed by atoms with van der Waals surface area (Å²) >= 11 is 2.17. The minimum atomic E-state index is -0.950. The molecule has 1 unspecified atom stereocenters. The Morgan fingerprint density at radius 2 is 1.50 bits per heavy atom. The molecule has 5 aliphatic rings. The van der Waals surface area contributed by atoms with Crippen LogP contribution in [0.1, 0.15) is 107 Å². The number of nitrogens with zero attached hydrogens (tertiary/aromatic N) is 6. The highest BCUT2D eigenvalue weighted by atomic mass is 127. The predicted molar refractivity (Wildman–Crippen MR) is 225 cm³/mol. The maximum Gasteiger partial charge on any atom is 0.262 e. The fourth-order valence-corrected chi connectivity index (χ4v) is 12.3. The van der Waals surface area contributed by atoms with Gasteiger partial charge in [0.05, 0.1) is 51.7 Å². The van der Waals surface area contributed by atoms with Crippen LogP contribution in [-0.4, -0.2) is 92.2 Å². The molecule has 3 fully saturated rings. The van der Waals surface area contributed by atoms with Crippen molar-refractivity contribution in [3.63, 3.8) is 0 Å². The number of carbonyl (C=O) groups is 5. The number of ether oxygens (including phenoxy) is 1. The molecule has 0 bridgehead atoms. The molecule has 302 valence electrons. The molecule has 13 heteroatoms. The number of halogens is 1. The van der Waals surface area contributed by atoms with Crippen LogP contribution >= 0.6 is 22.9 Å². The van der Waals surface area contributed by atoms with Crippen LogP contribution in [0.15, 0.2) is 54.6 Å². The summed E-state index contributed by atoms with van der Waals surface area (Å²) in [6.45, 7) is 14.6. The largest absolute Gasteiger partial charge is 0.489 e. The maximum atomic E-state index is 13.9. The zero-order valence-electron chi connectivity index (χ0n) is 33.9. The van der Waals surface area contributed by atoms with E-state index >= 15 is 0 Å². The lowest BCUT2D eigenvalue weighted by Crippen LogP contribution is -2.73. The molecule has 3 aromatic rings. The molecule has 8 rings (SSSR count). The summed E-state index contributed by atoms with van der Waals surface area (Å²) in [5.41, 5.74) is 5.39. The predicted octanol–water partition coefficient (Wildman–Crippen LogP) is 6.52. The van der Waals surface area contributed by atoms with E-state index in [-0.39, 0.29) is 47.6 Å². The fraction of sp³-hybridized carbons (Fsp3) is 0.467. The fourth-order valence-electron chi connectivity index (χ4n) is 10.5. The number of benzene rings is 3. The van der Waals surface area contributed by atoms with Crippen LogP contribution in [0.2, 0.25) is 0 Å². The first kappa shape index (κ1) is 40.0. The number of likely N-dealkylation sites (N-methyl/N-ethyl adjacent to an activating group) is 1. The van der Waals surface area contributed by atoms with Gasteiger partial charge in [0.2, 0.25) is 5.91 Å². The molecule has 0 aromatic heterocycles. The number of hydrogen-bond donors (Lipinski definition) is 0. The third-order valence-electron chi connectivity index (χ3n) is 13.3. The van der Waals surface area contributed by atoms with Gasteiger partial charge in [-0.15, -0.1) is 0 Å². The van der Waals surface area contributed by atoms with E-state index in [1.54, 1.807) is 6.07 Å². The van der Waals surface area contributed by atoms with E-state index in [0.717, 1.165) is 70.4 Å². The van der Waals surface area contributed by atoms with Crippen molar-refractivity contribution in [2.75, 3.05) is 31.6 Å². The van der Waals surface area contributed by atoms with Crippen molar-refractivity contribution in [3.05, 3.63) is 93.5 Å². The highest BCUT2D eigenvalue weighted by Crippen LogP contribution is 2.59. The van der Waals surface area contributed by atoms with Gasteiger partial charge in [-0.25, -0.2) is 0 Å². The Bertz CT molecular complexity index is 2210. The van der Waals surface area contributed by atoms with Gasteiger partial charge in [-0.05, 0) is 103 Å². The number of likely N-dealkylation sites (tertiary alicyclic amines) is 1. The molecule has 1 saturated carbocycles. The van der Waals surface area contributed by atoms with Gasteiger partial charge in [0.25, 0.3) is 23.6 Å². The number of fused-ring (bicyclic) bond motifs is 2. The molecule has 0 N–H and O–H groups in total. The average molecular weight is 897 g/mol. The van der Waals surface area contributed by atoms with Crippen LogP contribution in [0.5, 0.6) is 5.75 Å². The lowest BCUT2D eigenvalue weighted by atomic mass is 9.49. The van der Waals surface area contributed by atoms with Gasteiger partial charge in [-0.2, -0.15) is 5.26 Å². The van der Waals surface area contributed by atoms with Crippen LogP contribution < -0.4 is 9.64 Å². The Kier molecular flexibility index (Phi) is 10.2. The van der Waals surface area contributed by atoms with Gasteiger partial charge in [0.1, 0.15) is 17.9 Å². The second-order valence-corrected chi connectivity index (χ2v) is 18.9. The van der Waals surface area contributed by atoms with Crippen LogP contribution in [0.25, 0.3) is 0 Å². The summed E-state index contributed by atoms with van der Waals surface area (Å²) in [5, 5.41) is 9.33. The van der Waals surface area contributed by atoms with E-state index in [1.807, 2.05) is 46.4 Å². The standard InChI is InChI=1S/C45H49IN6O6/c1-26-19-33(12-9-29(26)22-47)58-43-44(2,3)42(45(43,4)5)52(46)38(54)28-7-10-32(11-8-28)50-17-15-27(16-18-50)23-49-24-30-20-34-35(21-31(30)25-49)40(56)51(39(34)55)36-13-14-37(53)48(6)41(36)57/h7-12,19-21,27,36,42-43H,13-18,23-25H2,1-6H3. The minimum absolute atomic E-state index is 0.0302. The number of hydrogen-bond acceptors (Lipinski definition) is 9. The van der Waals surface area contributed by atoms with E-state index in [0.29, 0.717) is 41.3 Å². The number of piperidine rings is 2. The van der Waals surface area contributed by atoms with Crippen molar-refractivity contribution in [1.29, 1.82) is 5.26 Å². The number of aryl methyl sites for hydroxylation is 1. The van der Waals surface area contributed by atoms with Crippen LogP contribution in [0, 0.1) is 35.0 Å².